The highest BCUT2D eigenvalue weighted by atomic mass is 16.4. The monoisotopic (exact) mass is 257 g/mol. The van der Waals surface area contributed by atoms with E-state index in [0.29, 0.717) is 13.0 Å². The number of aliphatic carboxylic acids is 1. The van der Waals surface area contributed by atoms with E-state index in [1.54, 1.807) is 0 Å². The van der Waals surface area contributed by atoms with Crippen LogP contribution in [-0.4, -0.2) is 48.1 Å². The Morgan fingerprint density at radius 3 is 2.61 bits per heavy atom. The molecule has 0 spiro atoms. The lowest BCUT2D eigenvalue weighted by Gasteiger charge is -2.20. The van der Waals surface area contributed by atoms with Crippen molar-refractivity contribution < 1.29 is 19.5 Å². The molecule has 7 heteroatoms. The standard InChI is InChI=1S/C11H19N3O4/c1-14(6-9(12)15)11(18)13-5-7-3-2-4-8(7)10(16)17/h7-8H,2-6H2,1H3,(H2,12,15)(H,13,18)(H,16,17). The predicted octanol–water partition coefficient (Wildman–Crippen LogP) is -0.386. The number of urea groups is 1. The molecule has 0 bridgehead atoms. The number of amides is 3. The Balaban J connectivity index is 2.38. The molecule has 102 valence electrons. The lowest BCUT2D eigenvalue weighted by Crippen LogP contribution is -2.44. The highest BCUT2D eigenvalue weighted by Gasteiger charge is 2.33. The number of carbonyl (C=O) groups excluding carboxylic acids is 2. The summed E-state index contributed by atoms with van der Waals surface area (Å²) in [5, 5.41) is 11.6. The van der Waals surface area contributed by atoms with Gasteiger partial charge >= 0.3 is 12.0 Å². The van der Waals surface area contributed by atoms with Crippen LogP contribution in [0.15, 0.2) is 0 Å². The first kappa shape index (κ1) is 14.3. The van der Waals surface area contributed by atoms with E-state index in [4.69, 9.17) is 10.8 Å². The van der Waals surface area contributed by atoms with Crippen molar-refractivity contribution in [3.63, 3.8) is 0 Å². The number of primary amides is 1. The van der Waals surface area contributed by atoms with Crippen molar-refractivity contribution in [2.24, 2.45) is 17.6 Å². The number of nitrogens with two attached hydrogens (primary N) is 1. The second kappa shape index (κ2) is 6.23. The number of carboxylic acid groups (broad SMARTS) is 1. The molecule has 0 aromatic carbocycles. The van der Waals surface area contributed by atoms with Gasteiger partial charge in [0.1, 0.15) is 6.54 Å². The molecule has 0 heterocycles. The Morgan fingerprint density at radius 1 is 1.39 bits per heavy atom. The van der Waals surface area contributed by atoms with Crippen molar-refractivity contribution >= 4 is 17.9 Å². The predicted molar refractivity (Wildman–Crippen MR) is 63.7 cm³/mol. The zero-order valence-electron chi connectivity index (χ0n) is 10.4. The second-order valence-electron chi connectivity index (χ2n) is 4.64. The molecule has 1 fully saturated rings. The van der Waals surface area contributed by atoms with Gasteiger partial charge in [0.2, 0.25) is 5.91 Å². The van der Waals surface area contributed by atoms with Crippen LogP contribution in [0.3, 0.4) is 0 Å². The Bertz CT molecular complexity index is 345. The van der Waals surface area contributed by atoms with Crippen molar-refractivity contribution in [3.05, 3.63) is 0 Å². The van der Waals surface area contributed by atoms with Gasteiger partial charge in [-0.15, -0.1) is 0 Å². The van der Waals surface area contributed by atoms with Gasteiger partial charge in [-0.25, -0.2) is 4.79 Å². The number of hydrogen-bond donors (Lipinski definition) is 3. The molecule has 0 aliphatic heterocycles. The van der Waals surface area contributed by atoms with Gasteiger partial charge in [0, 0.05) is 13.6 Å². The van der Waals surface area contributed by atoms with Gasteiger partial charge in [-0.3, -0.25) is 9.59 Å². The summed E-state index contributed by atoms with van der Waals surface area (Å²) in [6.07, 6.45) is 2.33. The van der Waals surface area contributed by atoms with E-state index in [1.807, 2.05) is 0 Å². The van der Waals surface area contributed by atoms with E-state index in [1.165, 1.54) is 11.9 Å². The van der Waals surface area contributed by atoms with E-state index in [0.717, 1.165) is 12.8 Å². The molecule has 1 aliphatic rings. The topological polar surface area (TPSA) is 113 Å². The molecule has 7 nitrogen and oxygen atoms in total. The average molecular weight is 257 g/mol. The smallest absolute Gasteiger partial charge is 0.317 e. The molecule has 0 saturated heterocycles. The summed E-state index contributed by atoms with van der Waals surface area (Å²) in [6.45, 7) is 0.164. The highest BCUT2D eigenvalue weighted by molar-refractivity contribution is 5.82. The van der Waals surface area contributed by atoms with Crippen LogP contribution >= 0.6 is 0 Å². The van der Waals surface area contributed by atoms with Crippen LogP contribution in [0, 0.1) is 11.8 Å². The minimum Gasteiger partial charge on any atom is -0.481 e. The third-order valence-electron chi connectivity index (χ3n) is 3.23. The average Bonchev–Trinajstić information content (AvgIpc) is 2.72. The fourth-order valence-corrected chi connectivity index (χ4v) is 2.27. The van der Waals surface area contributed by atoms with E-state index in [2.05, 4.69) is 5.32 Å². The number of rotatable bonds is 5. The number of nitrogens with one attached hydrogen (secondary N) is 1. The lowest BCUT2D eigenvalue weighted by atomic mass is 9.96. The van der Waals surface area contributed by atoms with E-state index < -0.39 is 17.9 Å². The second-order valence-corrected chi connectivity index (χ2v) is 4.64. The van der Waals surface area contributed by atoms with Gasteiger partial charge in [0.05, 0.1) is 5.92 Å². The summed E-state index contributed by atoms with van der Waals surface area (Å²) in [7, 11) is 1.46. The molecular weight excluding hydrogens is 238 g/mol. The van der Waals surface area contributed by atoms with Crippen molar-refractivity contribution in [1.82, 2.24) is 10.2 Å². The minimum atomic E-state index is -0.808. The molecule has 1 rings (SSSR count). The molecule has 18 heavy (non-hydrogen) atoms. The quantitative estimate of drug-likeness (QED) is 0.622. The van der Waals surface area contributed by atoms with Crippen molar-refractivity contribution in [1.29, 1.82) is 0 Å². The first-order chi connectivity index (χ1) is 8.41. The van der Waals surface area contributed by atoms with Crippen LogP contribution < -0.4 is 11.1 Å². The molecule has 0 aromatic rings. The van der Waals surface area contributed by atoms with Crippen molar-refractivity contribution in [3.8, 4) is 0 Å². The van der Waals surface area contributed by atoms with Gasteiger partial charge in [-0.2, -0.15) is 0 Å². The maximum Gasteiger partial charge on any atom is 0.317 e. The SMILES string of the molecule is CN(CC(N)=O)C(=O)NCC1CCCC1C(=O)O. The Kier molecular flexibility index (Phi) is 4.94. The fraction of sp³-hybridized carbons (Fsp3) is 0.727. The van der Waals surface area contributed by atoms with Crippen LogP contribution in [-0.2, 0) is 9.59 Å². The fourth-order valence-electron chi connectivity index (χ4n) is 2.27. The van der Waals surface area contributed by atoms with Gasteiger partial charge in [0.25, 0.3) is 0 Å². The summed E-state index contributed by atoms with van der Waals surface area (Å²) in [5.74, 6) is -1.81. The molecule has 4 N–H and O–H groups in total. The maximum atomic E-state index is 11.6. The summed E-state index contributed by atoms with van der Waals surface area (Å²) in [5.41, 5.74) is 4.97. The first-order valence-corrected chi connectivity index (χ1v) is 5.92. The summed E-state index contributed by atoms with van der Waals surface area (Å²) < 4.78 is 0. The largest absolute Gasteiger partial charge is 0.481 e. The zero-order valence-corrected chi connectivity index (χ0v) is 10.4. The molecule has 0 aromatic heterocycles. The number of hydrogen-bond acceptors (Lipinski definition) is 3. The third-order valence-corrected chi connectivity index (χ3v) is 3.23. The highest BCUT2D eigenvalue weighted by Crippen LogP contribution is 2.31. The number of carboxylic acids is 1. The van der Waals surface area contributed by atoms with Crippen LogP contribution in [0.4, 0.5) is 4.79 Å². The van der Waals surface area contributed by atoms with E-state index >= 15 is 0 Å². The van der Waals surface area contributed by atoms with Gasteiger partial charge in [-0.1, -0.05) is 6.42 Å². The van der Waals surface area contributed by atoms with Crippen molar-refractivity contribution in [2.45, 2.75) is 19.3 Å². The molecule has 1 saturated carbocycles. The number of likely N-dealkylation sites (N-methyl/N-ethyl adjacent to an activating group) is 1. The van der Waals surface area contributed by atoms with Crippen LogP contribution in [0.2, 0.25) is 0 Å². The van der Waals surface area contributed by atoms with E-state index in [-0.39, 0.29) is 18.4 Å². The Hall–Kier alpha value is -1.79. The van der Waals surface area contributed by atoms with Crippen molar-refractivity contribution in [2.75, 3.05) is 20.1 Å². The molecular formula is C11H19N3O4. The van der Waals surface area contributed by atoms with Gasteiger partial charge in [-0.05, 0) is 18.8 Å². The summed E-state index contributed by atoms with van der Waals surface area (Å²) in [6, 6.07) is -0.412. The molecule has 2 atom stereocenters. The number of nitrogens with zero attached hydrogens (tertiary/aromatic N) is 1. The molecule has 2 unspecified atom stereocenters. The van der Waals surface area contributed by atoms with Gasteiger partial charge in [0.15, 0.2) is 0 Å². The normalized spacial score (nSPS) is 22.5. The Labute approximate surface area is 105 Å². The van der Waals surface area contributed by atoms with Gasteiger partial charge < -0.3 is 21.1 Å². The molecule has 0 radical (unpaired) electrons. The minimum absolute atomic E-state index is 0.0339. The van der Waals surface area contributed by atoms with Crippen LogP contribution in [0.25, 0.3) is 0 Å². The zero-order chi connectivity index (χ0) is 13.7. The maximum absolute atomic E-state index is 11.6. The van der Waals surface area contributed by atoms with Crippen LogP contribution in [0.1, 0.15) is 19.3 Å². The molecule has 3 amide bonds. The van der Waals surface area contributed by atoms with E-state index in [9.17, 15) is 14.4 Å². The van der Waals surface area contributed by atoms with Crippen LogP contribution in [0.5, 0.6) is 0 Å². The summed E-state index contributed by atoms with van der Waals surface area (Å²) >= 11 is 0. The summed E-state index contributed by atoms with van der Waals surface area (Å²) in [4.78, 5) is 34.3. The first-order valence-electron chi connectivity index (χ1n) is 5.92. The molecule has 1 aliphatic carbocycles. The number of carbonyl (C=O) groups is 3. The lowest BCUT2D eigenvalue weighted by molar-refractivity contribution is -0.142. The third kappa shape index (κ3) is 3.90. The Morgan fingerprint density at radius 2 is 2.06 bits per heavy atom.